The molecule has 2 N–H and O–H groups in total. The van der Waals surface area contributed by atoms with E-state index in [-0.39, 0.29) is 11.5 Å². The number of carbonyl (C=O) groups is 1. The van der Waals surface area contributed by atoms with Gasteiger partial charge in [-0.25, -0.2) is 0 Å². The van der Waals surface area contributed by atoms with Crippen molar-refractivity contribution in [1.29, 1.82) is 5.26 Å². The standard InChI is InChI=1S/C18H23BrN4O2/c19-17-3-1-15(2-4-17)5-6-21-14-16(13-20)18(24)22-7-8-23-9-11-25-12-10-23/h1-4,14,21H,5-12H2,(H,22,24)/b16-14-. The number of amides is 1. The summed E-state index contributed by atoms with van der Waals surface area (Å²) in [7, 11) is 0. The van der Waals surface area contributed by atoms with Crippen molar-refractivity contribution >= 4 is 21.8 Å². The number of hydrogen-bond acceptors (Lipinski definition) is 5. The summed E-state index contributed by atoms with van der Waals surface area (Å²) in [6, 6.07) is 10.0. The SMILES string of the molecule is N#C/C(=C/NCCc1ccc(Br)cc1)C(=O)NCCN1CCOCC1. The molecule has 0 saturated carbocycles. The van der Waals surface area contributed by atoms with E-state index < -0.39 is 0 Å². The van der Waals surface area contributed by atoms with Crippen LogP contribution in [0.2, 0.25) is 0 Å². The molecule has 0 bridgehead atoms. The van der Waals surface area contributed by atoms with Gasteiger partial charge in [0.2, 0.25) is 0 Å². The number of benzene rings is 1. The van der Waals surface area contributed by atoms with Gasteiger partial charge in [0.15, 0.2) is 0 Å². The first-order valence-corrected chi connectivity index (χ1v) is 9.15. The highest BCUT2D eigenvalue weighted by Gasteiger charge is 2.12. The lowest BCUT2D eigenvalue weighted by Gasteiger charge is -2.26. The number of nitriles is 1. The van der Waals surface area contributed by atoms with Crippen LogP contribution in [0.5, 0.6) is 0 Å². The molecule has 2 rings (SSSR count). The maximum absolute atomic E-state index is 12.0. The first kappa shape index (κ1) is 19.4. The van der Waals surface area contributed by atoms with Crippen molar-refractivity contribution in [1.82, 2.24) is 15.5 Å². The van der Waals surface area contributed by atoms with E-state index in [1.54, 1.807) is 0 Å². The highest BCUT2D eigenvalue weighted by molar-refractivity contribution is 9.10. The lowest BCUT2D eigenvalue weighted by molar-refractivity contribution is -0.117. The number of halogens is 1. The van der Waals surface area contributed by atoms with Crippen LogP contribution in [0.3, 0.4) is 0 Å². The van der Waals surface area contributed by atoms with E-state index in [9.17, 15) is 4.79 Å². The maximum atomic E-state index is 12.0. The molecule has 1 saturated heterocycles. The molecule has 0 atom stereocenters. The van der Waals surface area contributed by atoms with Crippen molar-refractivity contribution in [3.05, 3.63) is 46.1 Å². The van der Waals surface area contributed by atoms with E-state index >= 15 is 0 Å². The van der Waals surface area contributed by atoms with Crippen LogP contribution in [0.4, 0.5) is 0 Å². The quantitative estimate of drug-likeness (QED) is 0.388. The van der Waals surface area contributed by atoms with E-state index in [1.165, 1.54) is 11.8 Å². The second-order valence-corrected chi connectivity index (χ2v) is 6.63. The molecule has 0 aromatic heterocycles. The molecule has 1 aromatic carbocycles. The number of nitrogens with zero attached hydrogens (tertiary/aromatic N) is 2. The largest absolute Gasteiger partial charge is 0.389 e. The van der Waals surface area contributed by atoms with Crippen LogP contribution in [-0.2, 0) is 16.0 Å². The Balaban J connectivity index is 1.68. The molecule has 1 aromatic rings. The minimum atomic E-state index is -0.341. The predicted molar refractivity (Wildman–Crippen MR) is 99.8 cm³/mol. The molecule has 1 aliphatic heterocycles. The van der Waals surface area contributed by atoms with Crippen molar-refractivity contribution in [2.45, 2.75) is 6.42 Å². The third kappa shape index (κ3) is 7.26. The number of ether oxygens (including phenoxy) is 1. The third-order valence-electron chi connectivity index (χ3n) is 3.90. The predicted octanol–water partition coefficient (Wildman–Crippen LogP) is 1.44. The Morgan fingerprint density at radius 2 is 2.00 bits per heavy atom. The molecule has 7 heteroatoms. The summed E-state index contributed by atoms with van der Waals surface area (Å²) in [5.41, 5.74) is 1.29. The van der Waals surface area contributed by atoms with E-state index in [4.69, 9.17) is 10.00 Å². The van der Waals surface area contributed by atoms with Crippen LogP contribution in [0.1, 0.15) is 5.56 Å². The third-order valence-corrected chi connectivity index (χ3v) is 4.43. The molecule has 0 radical (unpaired) electrons. The number of hydrogen-bond donors (Lipinski definition) is 2. The van der Waals surface area contributed by atoms with E-state index in [0.29, 0.717) is 13.1 Å². The second kappa shape index (κ2) is 10.9. The van der Waals surface area contributed by atoms with Crippen molar-refractivity contribution in [2.24, 2.45) is 0 Å². The van der Waals surface area contributed by atoms with E-state index in [1.807, 2.05) is 30.3 Å². The van der Waals surface area contributed by atoms with Gasteiger partial charge in [-0.15, -0.1) is 0 Å². The van der Waals surface area contributed by atoms with Gasteiger partial charge in [-0.3, -0.25) is 9.69 Å². The Bertz CT molecular complexity index is 619. The van der Waals surface area contributed by atoms with Gasteiger partial charge in [0.25, 0.3) is 5.91 Å². The molecule has 25 heavy (non-hydrogen) atoms. The summed E-state index contributed by atoms with van der Waals surface area (Å²) in [5.74, 6) is -0.341. The molecule has 1 aliphatic rings. The van der Waals surface area contributed by atoms with Gasteiger partial charge in [-0.1, -0.05) is 28.1 Å². The fourth-order valence-corrected chi connectivity index (χ4v) is 2.70. The fourth-order valence-electron chi connectivity index (χ4n) is 2.44. The highest BCUT2D eigenvalue weighted by Crippen LogP contribution is 2.10. The van der Waals surface area contributed by atoms with Crippen LogP contribution in [0.25, 0.3) is 0 Å². The average Bonchev–Trinajstić information content (AvgIpc) is 2.64. The molecule has 1 fully saturated rings. The number of rotatable bonds is 8. The van der Waals surface area contributed by atoms with Crippen LogP contribution in [0, 0.1) is 11.3 Å². The summed E-state index contributed by atoms with van der Waals surface area (Å²) in [4.78, 5) is 14.3. The van der Waals surface area contributed by atoms with Gasteiger partial charge in [0.05, 0.1) is 13.2 Å². The van der Waals surface area contributed by atoms with Crippen LogP contribution in [0.15, 0.2) is 40.5 Å². The van der Waals surface area contributed by atoms with Crippen molar-refractivity contribution < 1.29 is 9.53 Å². The van der Waals surface area contributed by atoms with Gasteiger partial charge >= 0.3 is 0 Å². The molecule has 6 nitrogen and oxygen atoms in total. The average molecular weight is 407 g/mol. The minimum absolute atomic E-state index is 0.0952. The number of nitrogens with one attached hydrogen (secondary N) is 2. The monoisotopic (exact) mass is 406 g/mol. The Morgan fingerprint density at radius 1 is 1.28 bits per heavy atom. The molecular weight excluding hydrogens is 384 g/mol. The normalized spacial score (nSPS) is 15.4. The van der Waals surface area contributed by atoms with Gasteiger partial charge in [0.1, 0.15) is 11.6 Å². The Labute approximate surface area is 157 Å². The molecule has 0 unspecified atom stereocenters. The molecule has 1 heterocycles. The van der Waals surface area contributed by atoms with Crippen LogP contribution in [-0.4, -0.2) is 56.7 Å². The second-order valence-electron chi connectivity index (χ2n) is 5.71. The zero-order valence-corrected chi connectivity index (χ0v) is 15.7. The maximum Gasteiger partial charge on any atom is 0.263 e. The van der Waals surface area contributed by atoms with E-state index in [2.05, 4.69) is 31.5 Å². The number of carbonyl (C=O) groups excluding carboxylic acids is 1. The molecular formula is C18H23BrN4O2. The summed E-state index contributed by atoms with van der Waals surface area (Å²) in [5, 5.41) is 15.0. The lowest BCUT2D eigenvalue weighted by atomic mass is 10.1. The van der Waals surface area contributed by atoms with Gasteiger partial charge < -0.3 is 15.4 Å². The summed E-state index contributed by atoms with van der Waals surface area (Å²) in [6.07, 6.45) is 2.31. The molecule has 1 amide bonds. The summed E-state index contributed by atoms with van der Waals surface area (Å²) in [6.45, 7) is 5.19. The first-order chi connectivity index (χ1) is 12.2. The highest BCUT2D eigenvalue weighted by atomic mass is 79.9. The van der Waals surface area contributed by atoms with Crippen molar-refractivity contribution in [2.75, 3.05) is 45.9 Å². The van der Waals surface area contributed by atoms with Crippen molar-refractivity contribution in [3.63, 3.8) is 0 Å². The fraction of sp³-hybridized carbons (Fsp3) is 0.444. The minimum Gasteiger partial charge on any atom is -0.389 e. The lowest BCUT2D eigenvalue weighted by Crippen LogP contribution is -2.41. The molecule has 134 valence electrons. The Morgan fingerprint density at radius 3 is 2.68 bits per heavy atom. The van der Waals surface area contributed by atoms with Gasteiger partial charge in [-0.05, 0) is 24.1 Å². The zero-order valence-electron chi connectivity index (χ0n) is 14.1. The summed E-state index contributed by atoms with van der Waals surface area (Å²) >= 11 is 3.40. The summed E-state index contributed by atoms with van der Waals surface area (Å²) < 4.78 is 6.33. The molecule has 0 aliphatic carbocycles. The Kier molecular flexibility index (Phi) is 8.46. The number of morpholine rings is 1. The topological polar surface area (TPSA) is 77.4 Å². The smallest absolute Gasteiger partial charge is 0.263 e. The van der Waals surface area contributed by atoms with Gasteiger partial charge in [-0.2, -0.15) is 5.26 Å². The Hall–Kier alpha value is -1.88. The molecule has 0 spiro atoms. The van der Waals surface area contributed by atoms with Crippen LogP contribution < -0.4 is 10.6 Å². The zero-order chi connectivity index (χ0) is 17.9. The first-order valence-electron chi connectivity index (χ1n) is 8.35. The van der Waals surface area contributed by atoms with Gasteiger partial charge in [0, 0.05) is 43.4 Å². The van der Waals surface area contributed by atoms with Crippen molar-refractivity contribution in [3.8, 4) is 6.07 Å². The van der Waals surface area contributed by atoms with E-state index in [0.717, 1.165) is 43.7 Å². The van der Waals surface area contributed by atoms with Crippen LogP contribution >= 0.6 is 15.9 Å².